The minimum absolute atomic E-state index is 0.242. The molecule has 0 spiro atoms. The number of hydrogen-bond acceptors (Lipinski definition) is 5. The molecule has 0 aliphatic heterocycles. The summed E-state index contributed by atoms with van der Waals surface area (Å²) < 4.78 is 10.9. The van der Waals surface area contributed by atoms with E-state index in [0.717, 1.165) is 60.8 Å². The van der Waals surface area contributed by atoms with Crippen LogP contribution >= 0.6 is 0 Å². The van der Waals surface area contributed by atoms with Gasteiger partial charge in [0.15, 0.2) is 0 Å². The zero-order valence-corrected chi connectivity index (χ0v) is 29.2. The van der Waals surface area contributed by atoms with Gasteiger partial charge in [-0.05, 0) is 82.0 Å². The summed E-state index contributed by atoms with van der Waals surface area (Å²) >= 11 is 0. The van der Waals surface area contributed by atoms with Gasteiger partial charge < -0.3 is 25.0 Å². The molecule has 0 heterocycles. The van der Waals surface area contributed by atoms with Crippen molar-refractivity contribution in [1.82, 2.24) is 10.2 Å². The molecule has 8 nitrogen and oxygen atoms in total. The number of unbranched alkanes of at least 4 members (excludes halogenated alkanes) is 5. The first-order valence-corrected chi connectivity index (χ1v) is 16.8. The normalized spacial score (nSPS) is 12.5. The fourth-order valence-electron chi connectivity index (χ4n) is 5.52. The summed E-state index contributed by atoms with van der Waals surface area (Å²) in [6, 6.07) is 20.7. The second-order valence-corrected chi connectivity index (χ2v) is 13.2. The third-order valence-electron chi connectivity index (χ3n) is 7.95. The molecule has 0 saturated heterocycles. The van der Waals surface area contributed by atoms with Gasteiger partial charge in [-0.3, -0.25) is 9.59 Å². The SMILES string of the molecule is CCCCCCCCN(C(=O)C(Cc1ccccc1)NC(=O)OC(C)(C)C)C(C(=O)Nc1ccc(OC)cc1)c1cc(C)ccc1C. The second-order valence-electron chi connectivity index (χ2n) is 13.2. The number of hydrogen-bond donors (Lipinski definition) is 2. The fraction of sp³-hybridized carbons (Fsp3) is 0.462. The van der Waals surface area contributed by atoms with Gasteiger partial charge in [-0.1, -0.05) is 93.1 Å². The van der Waals surface area contributed by atoms with Crippen molar-refractivity contribution in [2.24, 2.45) is 0 Å². The lowest BCUT2D eigenvalue weighted by Crippen LogP contribution is -2.53. The number of carbonyl (C=O) groups is 3. The van der Waals surface area contributed by atoms with Gasteiger partial charge in [-0.25, -0.2) is 4.79 Å². The molecule has 0 fully saturated rings. The summed E-state index contributed by atoms with van der Waals surface area (Å²) in [7, 11) is 1.59. The van der Waals surface area contributed by atoms with Crippen molar-refractivity contribution < 1.29 is 23.9 Å². The molecular weight excluding hydrogens is 590 g/mol. The number of benzene rings is 3. The molecule has 0 saturated carbocycles. The highest BCUT2D eigenvalue weighted by molar-refractivity contribution is 5.99. The minimum Gasteiger partial charge on any atom is -0.497 e. The lowest BCUT2D eigenvalue weighted by atomic mass is 9.95. The Morgan fingerprint density at radius 3 is 2.15 bits per heavy atom. The number of anilines is 1. The van der Waals surface area contributed by atoms with Crippen LogP contribution < -0.4 is 15.4 Å². The number of amides is 3. The molecule has 0 radical (unpaired) electrons. The number of rotatable bonds is 16. The molecular formula is C39H53N3O5. The van der Waals surface area contributed by atoms with Crippen LogP contribution in [-0.2, 0) is 20.7 Å². The van der Waals surface area contributed by atoms with Crippen LogP contribution in [0.15, 0.2) is 72.8 Å². The van der Waals surface area contributed by atoms with Gasteiger partial charge in [0.1, 0.15) is 23.4 Å². The largest absolute Gasteiger partial charge is 0.497 e. The van der Waals surface area contributed by atoms with E-state index < -0.39 is 23.8 Å². The predicted octanol–water partition coefficient (Wildman–Crippen LogP) is 8.32. The molecule has 2 unspecified atom stereocenters. The van der Waals surface area contributed by atoms with Crippen LogP contribution in [0.25, 0.3) is 0 Å². The van der Waals surface area contributed by atoms with Crippen LogP contribution in [0.5, 0.6) is 5.75 Å². The predicted molar refractivity (Wildman–Crippen MR) is 189 cm³/mol. The quantitative estimate of drug-likeness (QED) is 0.153. The Morgan fingerprint density at radius 1 is 0.851 bits per heavy atom. The van der Waals surface area contributed by atoms with E-state index in [1.165, 1.54) is 0 Å². The Hall–Kier alpha value is -4.33. The lowest BCUT2D eigenvalue weighted by molar-refractivity contribution is -0.140. The lowest BCUT2D eigenvalue weighted by Gasteiger charge is -2.35. The summed E-state index contributed by atoms with van der Waals surface area (Å²) in [4.78, 5) is 44.0. The van der Waals surface area contributed by atoms with Gasteiger partial charge in [0.05, 0.1) is 7.11 Å². The molecule has 3 aromatic rings. The molecule has 0 aliphatic rings. The van der Waals surface area contributed by atoms with Crippen molar-refractivity contribution >= 4 is 23.6 Å². The molecule has 0 aliphatic carbocycles. The van der Waals surface area contributed by atoms with Gasteiger partial charge >= 0.3 is 6.09 Å². The fourth-order valence-corrected chi connectivity index (χ4v) is 5.52. The summed E-state index contributed by atoms with van der Waals surface area (Å²) in [5.41, 5.74) is 3.34. The summed E-state index contributed by atoms with van der Waals surface area (Å²) in [5, 5.41) is 5.91. The summed E-state index contributed by atoms with van der Waals surface area (Å²) in [5.74, 6) is -0.00564. The maximum absolute atomic E-state index is 14.8. The van der Waals surface area contributed by atoms with E-state index in [-0.39, 0.29) is 18.2 Å². The van der Waals surface area contributed by atoms with Crippen molar-refractivity contribution in [3.05, 3.63) is 95.1 Å². The molecule has 254 valence electrons. The molecule has 47 heavy (non-hydrogen) atoms. The molecule has 3 aromatic carbocycles. The summed E-state index contributed by atoms with van der Waals surface area (Å²) in [6.45, 7) is 11.8. The Labute approximate surface area is 281 Å². The first-order valence-electron chi connectivity index (χ1n) is 16.8. The molecule has 3 rings (SSSR count). The second kappa shape index (κ2) is 18.1. The van der Waals surface area contributed by atoms with Crippen LogP contribution in [0, 0.1) is 13.8 Å². The molecule has 0 aromatic heterocycles. The van der Waals surface area contributed by atoms with Crippen molar-refractivity contribution in [2.75, 3.05) is 19.0 Å². The zero-order chi connectivity index (χ0) is 34.4. The number of ether oxygens (including phenoxy) is 2. The van der Waals surface area contributed by atoms with Gasteiger partial charge in [-0.2, -0.15) is 0 Å². The number of alkyl carbamates (subject to hydrolysis) is 1. The first kappa shape index (κ1) is 37.1. The van der Waals surface area contributed by atoms with Gasteiger partial charge in [0.2, 0.25) is 5.91 Å². The minimum atomic E-state index is -0.964. The van der Waals surface area contributed by atoms with Crippen LogP contribution in [0.2, 0.25) is 0 Å². The third-order valence-corrected chi connectivity index (χ3v) is 7.95. The Morgan fingerprint density at radius 2 is 1.51 bits per heavy atom. The van der Waals surface area contributed by atoms with E-state index in [1.54, 1.807) is 57.0 Å². The summed E-state index contributed by atoms with van der Waals surface area (Å²) in [6.07, 6.45) is 5.68. The molecule has 0 bridgehead atoms. The Bertz CT molecular complexity index is 1430. The highest BCUT2D eigenvalue weighted by Crippen LogP contribution is 2.29. The Balaban J connectivity index is 2.08. The van der Waals surface area contributed by atoms with Crippen molar-refractivity contribution in [3.8, 4) is 5.75 Å². The van der Waals surface area contributed by atoms with Crippen LogP contribution in [0.3, 0.4) is 0 Å². The smallest absolute Gasteiger partial charge is 0.408 e. The molecule has 3 amide bonds. The van der Waals surface area contributed by atoms with Crippen LogP contribution in [0.1, 0.15) is 94.5 Å². The van der Waals surface area contributed by atoms with Gasteiger partial charge in [-0.15, -0.1) is 0 Å². The zero-order valence-electron chi connectivity index (χ0n) is 29.2. The van der Waals surface area contributed by atoms with E-state index in [9.17, 15) is 14.4 Å². The number of nitrogens with one attached hydrogen (secondary N) is 2. The topological polar surface area (TPSA) is 97.0 Å². The van der Waals surface area contributed by atoms with Crippen molar-refractivity contribution in [1.29, 1.82) is 0 Å². The monoisotopic (exact) mass is 643 g/mol. The first-order chi connectivity index (χ1) is 22.4. The highest BCUT2D eigenvalue weighted by Gasteiger charge is 2.37. The Kier molecular flexibility index (Phi) is 14.3. The molecule has 2 N–H and O–H groups in total. The van der Waals surface area contributed by atoms with E-state index in [1.807, 2.05) is 62.4 Å². The number of methoxy groups -OCH3 is 1. The maximum atomic E-state index is 14.8. The average molecular weight is 644 g/mol. The van der Waals surface area contributed by atoms with E-state index in [4.69, 9.17) is 9.47 Å². The van der Waals surface area contributed by atoms with Crippen LogP contribution in [0.4, 0.5) is 10.5 Å². The standard InChI is InChI=1S/C39H53N3O5/c1-8-9-10-11-12-16-25-42(37(44)34(27-30-17-14-13-15-18-30)41-38(45)47-39(4,5)6)35(33-26-28(2)19-20-29(33)3)36(43)40-31-21-23-32(46-7)24-22-31/h13-15,17-24,26,34-35H,8-12,16,25,27H2,1-7H3,(H,40,43)(H,41,45). The number of aryl methyl sites for hydroxylation is 2. The molecule has 2 atom stereocenters. The van der Waals surface area contributed by atoms with Gasteiger partial charge in [0.25, 0.3) is 5.91 Å². The third kappa shape index (κ3) is 12.1. The van der Waals surface area contributed by atoms with Crippen LogP contribution in [-0.4, -0.2) is 48.1 Å². The van der Waals surface area contributed by atoms with E-state index >= 15 is 0 Å². The van der Waals surface area contributed by atoms with E-state index in [2.05, 4.69) is 17.6 Å². The maximum Gasteiger partial charge on any atom is 0.408 e. The average Bonchev–Trinajstić information content (AvgIpc) is 3.03. The van der Waals surface area contributed by atoms with Crippen molar-refractivity contribution in [3.63, 3.8) is 0 Å². The molecule has 8 heteroatoms. The van der Waals surface area contributed by atoms with E-state index in [0.29, 0.717) is 18.0 Å². The number of nitrogens with zero attached hydrogens (tertiary/aromatic N) is 1. The van der Waals surface area contributed by atoms with Crippen molar-refractivity contribution in [2.45, 2.75) is 104 Å². The highest BCUT2D eigenvalue weighted by atomic mass is 16.6. The number of carbonyl (C=O) groups excluding carboxylic acids is 3. The van der Waals surface area contributed by atoms with Gasteiger partial charge in [0, 0.05) is 18.7 Å².